The Bertz CT molecular complexity index is 482. The maximum absolute atomic E-state index is 11.0. The summed E-state index contributed by atoms with van der Waals surface area (Å²) < 4.78 is 1.26. The summed E-state index contributed by atoms with van der Waals surface area (Å²) in [6, 6.07) is 4.20. The van der Waals surface area contributed by atoms with E-state index in [9.17, 15) is 4.79 Å². The van der Waals surface area contributed by atoms with E-state index in [1.807, 2.05) is 6.92 Å². The van der Waals surface area contributed by atoms with Gasteiger partial charge in [-0.05, 0) is 47.4 Å². The second kappa shape index (κ2) is 3.54. The van der Waals surface area contributed by atoms with Crippen LogP contribution in [0.4, 0.5) is 0 Å². The Labute approximate surface area is 87.4 Å². The number of aldehydes is 1. The summed E-state index contributed by atoms with van der Waals surface area (Å²) in [5.41, 5.74) is 3.16. The SMILES string of the molecule is CCc1c(C=O)c(C)cc2ccsc12. The number of fused-ring (bicyclic) bond motifs is 1. The van der Waals surface area contributed by atoms with E-state index in [1.165, 1.54) is 15.6 Å². The van der Waals surface area contributed by atoms with Crippen molar-refractivity contribution in [1.82, 2.24) is 0 Å². The average molecular weight is 204 g/mol. The third kappa shape index (κ3) is 1.26. The third-order valence-corrected chi connectivity index (χ3v) is 3.55. The van der Waals surface area contributed by atoms with Crippen molar-refractivity contribution in [3.63, 3.8) is 0 Å². The first-order valence-electron chi connectivity index (χ1n) is 4.72. The molecule has 0 aliphatic heterocycles. The van der Waals surface area contributed by atoms with Crippen molar-refractivity contribution < 1.29 is 4.79 Å². The van der Waals surface area contributed by atoms with Gasteiger partial charge in [-0.15, -0.1) is 11.3 Å². The van der Waals surface area contributed by atoms with Crippen LogP contribution in [0, 0.1) is 6.92 Å². The number of rotatable bonds is 2. The normalized spacial score (nSPS) is 10.7. The number of hydrogen-bond donors (Lipinski definition) is 0. The van der Waals surface area contributed by atoms with E-state index in [1.54, 1.807) is 11.3 Å². The van der Waals surface area contributed by atoms with Crippen LogP contribution in [-0.2, 0) is 6.42 Å². The zero-order chi connectivity index (χ0) is 10.1. The molecule has 0 N–H and O–H groups in total. The van der Waals surface area contributed by atoms with Gasteiger partial charge in [-0.25, -0.2) is 0 Å². The van der Waals surface area contributed by atoms with Crippen LogP contribution in [0.1, 0.15) is 28.4 Å². The minimum Gasteiger partial charge on any atom is -0.298 e. The highest BCUT2D eigenvalue weighted by molar-refractivity contribution is 7.17. The van der Waals surface area contributed by atoms with Gasteiger partial charge in [0.2, 0.25) is 0 Å². The van der Waals surface area contributed by atoms with Gasteiger partial charge in [0, 0.05) is 10.3 Å². The van der Waals surface area contributed by atoms with Crippen molar-refractivity contribution in [2.24, 2.45) is 0 Å². The van der Waals surface area contributed by atoms with Crippen LogP contribution in [0.5, 0.6) is 0 Å². The van der Waals surface area contributed by atoms with E-state index >= 15 is 0 Å². The fourth-order valence-electron chi connectivity index (χ4n) is 1.86. The molecule has 14 heavy (non-hydrogen) atoms. The van der Waals surface area contributed by atoms with E-state index in [4.69, 9.17) is 0 Å². The number of thiophene rings is 1. The molecular weight excluding hydrogens is 192 g/mol. The predicted molar refractivity (Wildman–Crippen MR) is 61.3 cm³/mol. The van der Waals surface area contributed by atoms with Crippen molar-refractivity contribution >= 4 is 27.7 Å². The largest absolute Gasteiger partial charge is 0.298 e. The lowest BCUT2D eigenvalue weighted by Crippen LogP contribution is -1.94. The molecule has 0 unspecified atom stereocenters. The average Bonchev–Trinajstić information content (AvgIpc) is 2.62. The van der Waals surface area contributed by atoms with Crippen LogP contribution >= 0.6 is 11.3 Å². The molecule has 72 valence electrons. The van der Waals surface area contributed by atoms with Gasteiger partial charge in [0.15, 0.2) is 6.29 Å². The Morgan fingerprint density at radius 2 is 2.29 bits per heavy atom. The molecule has 0 fully saturated rings. The molecule has 2 aromatic rings. The second-order valence-electron chi connectivity index (χ2n) is 3.40. The van der Waals surface area contributed by atoms with Crippen molar-refractivity contribution in [3.05, 3.63) is 34.2 Å². The Morgan fingerprint density at radius 1 is 1.50 bits per heavy atom. The monoisotopic (exact) mass is 204 g/mol. The van der Waals surface area contributed by atoms with Crippen LogP contribution in [0.2, 0.25) is 0 Å². The van der Waals surface area contributed by atoms with Crippen molar-refractivity contribution in [3.8, 4) is 0 Å². The summed E-state index contributed by atoms with van der Waals surface area (Å²) in [6.45, 7) is 4.10. The van der Waals surface area contributed by atoms with E-state index in [0.29, 0.717) is 0 Å². The Hall–Kier alpha value is -1.15. The molecule has 2 rings (SSSR count). The lowest BCUT2D eigenvalue weighted by molar-refractivity contribution is 0.112. The molecule has 1 aromatic carbocycles. The molecule has 0 saturated carbocycles. The molecule has 1 nitrogen and oxygen atoms in total. The molecule has 0 radical (unpaired) electrons. The summed E-state index contributed by atoms with van der Waals surface area (Å²) in [5.74, 6) is 0. The lowest BCUT2D eigenvalue weighted by atomic mass is 9.99. The van der Waals surface area contributed by atoms with Gasteiger partial charge in [0.05, 0.1) is 0 Å². The maximum atomic E-state index is 11.0. The highest BCUT2D eigenvalue weighted by Gasteiger charge is 2.09. The number of benzene rings is 1. The predicted octanol–water partition coefficient (Wildman–Crippen LogP) is 3.58. The molecule has 0 saturated heterocycles. The van der Waals surface area contributed by atoms with E-state index in [0.717, 1.165) is 23.8 Å². The van der Waals surface area contributed by atoms with Gasteiger partial charge in [0.25, 0.3) is 0 Å². The van der Waals surface area contributed by atoms with Crippen molar-refractivity contribution in [2.45, 2.75) is 20.3 Å². The van der Waals surface area contributed by atoms with Crippen LogP contribution < -0.4 is 0 Å². The van der Waals surface area contributed by atoms with E-state index in [2.05, 4.69) is 24.4 Å². The van der Waals surface area contributed by atoms with E-state index in [-0.39, 0.29) is 0 Å². The first-order valence-corrected chi connectivity index (χ1v) is 5.60. The standard InChI is InChI=1S/C12H12OS/c1-3-10-11(7-13)8(2)6-9-4-5-14-12(9)10/h4-7H,3H2,1-2H3. The molecule has 0 amide bonds. The van der Waals surface area contributed by atoms with Gasteiger partial charge in [-0.1, -0.05) is 6.92 Å². The van der Waals surface area contributed by atoms with Crippen LogP contribution in [-0.4, -0.2) is 6.29 Å². The van der Waals surface area contributed by atoms with Crippen LogP contribution in [0.3, 0.4) is 0 Å². The van der Waals surface area contributed by atoms with Crippen molar-refractivity contribution in [1.29, 1.82) is 0 Å². The van der Waals surface area contributed by atoms with Crippen LogP contribution in [0.25, 0.3) is 10.1 Å². The molecular formula is C12H12OS. The van der Waals surface area contributed by atoms with Crippen LogP contribution in [0.15, 0.2) is 17.5 Å². The Kier molecular flexibility index (Phi) is 2.38. The van der Waals surface area contributed by atoms with Gasteiger partial charge >= 0.3 is 0 Å². The number of hydrogen-bond acceptors (Lipinski definition) is 2. The maximum Gasteiger partial charge on any atom is 0.150 e. The smallest absolute Gasteiger partial charge is 0.150 e. The third-order valence-electron chi connectivity index (χ3n) is 2.56. The van der Waals surface area contributed by atoms with Gasteiger partial charge < -0.3 is 0 Å². The summed E-state index contributed by atoms with van der Waals surface area (Å²) in [6.07, 6.45) is 1.90. The fourth-order valence-corrected chi connectivity index (χ4v) is 2.87. The molecule has 2 heteroatoms. The molecule has 0 bridgehead atoms. The number of aryl methyl sites for hydroxylation is 2. The molecule has 1 aromatic heterocycles. The summed E-state index contributed by atoms with van der Waals surface area (Å²) in [4.78, 5) is 11.0. The van der Waals surface area contributed by atoms with E-state index < -0.39 is 0 Å². The summed E-state index contributed by atoms with van der Waals surface area (Å²) in [7, 11) is 0. The molecule has 1 heterocycles. The highest BCUT2D eigenvalue weighted by Crippen LogP contribution is 2.29. The minimum absolute atomic E-state index is 0.877. The minimum atomic E-state index is 0.877. The summed E-state index contributed by atoms with van der Waals surface area (Å²) in [5, 5.41) is 3.34. The molecule has 0 atom stereocenters. The molecule has 0 aliphatic rings. The molecule has 0 aliphatic carbocycles. The zero-order valence-electron chi connectivity index (χ0n) is 8.33. The Balaban J connectivity index is 2.88. The highest BCUT2D eigenvalue weighted by atomic mass is 32.1. The molecule has 0 spiro atoms. The Morgan fingerprint density at radius 3 is 2.93 bits per heavy atom. The van der Waals surface area contributed by atoms with Gasteiger partial charge in [0.1, 0.15) is 0 Å². The zero-order valence-corrected chi connectivity index (χ0v) is 9.15. The first-order chi connectivity index (χ1) is 6.77. The first kappa shape index (κ1) is 9.41. The second-order valence-corrected chi connectivity index (χ2v) is 4.31. The lowest BCUT2D eigenvalue weighted by Gasteiger charge is -2.06. The number of carbonyl (C=O) groups excluding carboxylic acids is 1. The van der Waals surface area contributed by atoms with Crippen molar-refractivity contribution in [2.75, 3.05) is 0 Å². The number of carbonyl (C=O) groups is 1. The summed E-state index contributed by atoms with van der Waals surface area (Å²) >= 11 is 1.72. The quantitative estimate of drug-likeness (QED) is 0.683. The van der Waals surface area contributed by atoms with Gasteiger partial charge in [-0.3, -0.25) is 4.79 Å². The fraction of sp³-hybridized carbons (Fsp3) is 0.250. The topological polar surface area (TPSA) is 17.1 Å². The van der Waals surface area contributed by atoms with Gasteiger partial charge in [-0.2, -0.15) is 0 Å².